The van der Waals surface area contributed by atoms with Crippen molar-refractivity contribution in [3.8, 4) is 47.4 Å². The fourth-order valence-electron chi connectivity index (χ4n) is 0.977. The van der Waals surface area contributed by atoms with Gasteiger partial charge in [-0.15, -0.1) is 0 Å². The Morgan fingerprint density at radius 3 is 1.67 bits per heavy atom. The average molecular weight is 384 g/mol. The van der Waals surface area contributed by atoms with Gasteiger partial charge in [-0.05, 0) is 104 Å². The van der Waals surface area contributed by atoms with E-state index in [2.05, 4.69) is 128 Å². The molecule has 0 aromatic heterocycles. The second-order valence-electron chi connectivity index (χ2n) is 3.92. The van der Waals surface area contributed by atoms with Gasteiger partial charge in [-0.1, -0.05) is 23.3 Å². The second-order valence-corrected chi connectivity index (χ2v) is 3.92. The van der Waals surface area contributed by atoms with Crippen molar-refractivity contribution in [3.63, 3.8) is 0 Å². The van der Waals surface area contributed by atoms with E-state index in [4.69, 9.17) is 5.41 Å². The Morgan fingerprint density at radius 1 is 0.767 bits per heavy atom. The Kier molecular flexibility index (Phi) is 21.2. The minimum atomic E-state index is 0.323. The van der Waals surface area contributed by atoms with Crippen LogP contribution in [0.4, 0.5) is 0 Å². The molecule has 0 aliphatic rings. The fraction of sp³-hybridized carbons (Fsp3) is 0.0769. The molecule has 0 amide bonds. The molecule has 0 radical (unpaired) electrons. The lowest BCUT2D eigenvalue weighted by Gasteiger charge is -1.78. The molecule has 0 aromatic rings. The van der Waals surface area contributed by atoms with E-state index in [0.29, 0.717) is 11.4 Å². The SMILES string of the molecule is C=C=C=C=C=C(C#CC#CC)N=CC=N.C=C=C=C=C=C(C#CC#CC)N=CN=C. The molecule has 30 heavy (non-hydrogen) atoms. The predicted octanol–water partition coefficient (Wildman–Crippen LogP) is 3.74. The maximum atomic E-state index is 6.77. The van der Waals surface area contributed by atoms with Crippen LogP contribution in [-0.4, -0.2) is 25.5 Å². The first-order chi connectivity index (χ1) is 14.7. The number of allylic oxidation sites excluding steroid dienone is 2. The van der Waals surface area contributed by atoms with E-state index in [1.165, 1.54) is 12.6 Å². The lowest BCUT2D eigenvalue weighted by molar-refractivity contribution is 1.46. The standard InChI is InChI=1S/2C13H8N2/c1-4-6-8-10-13(15-12-14-3)11-9-7-5-2;1-3-5-7-9-13(15-12-11-14)10-8-6-4-2/h12H,1,3H2,2H3;11-12,14H,1H2,2H3. The topological polar surface area (TPSA) is 60.9 Å². The normalized spacial score (nSPS) is 6.47. The van der Waals surface area contributed by atoms with E-state index >= 15 is 0 Å². The largest absolute Gasteiger partial charge is 0.307 e. The molecule has 0 saturated carbocycles. The summed E-state index contributed by atoms with van der Waals surface area (Å²) in [7, 11) is 0. The summed E-state index contributed by atoms with van der Waals surface area (Å²) in [5, 5.41) is 6.77. The van der Waals surface area contributed by atoms with E-state index in [9.17, 15) is 0 Å². The van der Waals surface area contributed by atoms with Gasteiger partial charge >= 0.3 is 0 Å². The minimum absolute atomic E-state index is 0.323. The average Bonchev–Trinajstić information content (AvgIpc) is 2.76. The van der Waals surface area contributed by atoms with Gasteiger partial charge < -0.3 is 5.41 Å². The van der Waals surface area contributed by atoms with Crippen molar-refractivity contribution >= 4 is 25.5 Å². The first-order valence-electron chi connectivity index (χ1n) is 7.87. The monoisotopic (exact) mass is 384 g/mol. The summed E-state index contributed by atoms with van der Waals surface area (Å²) in [6.07, 6.45) is 3.59. The molecule has 140 valence electrons. The number of aliphatic imine (C=N–C) groups is 3. The quantitative estimate of drug-likeness (QED) is 0.332. The number of nitrogens with one attached hydrogen (secondary N) is 1. The molecule has 1 N–H and O–H groups in total. The molecule has 0 aromatic carbocycles. The van der Waals surface area contributed by atoms with Gasteiger partial charge in [-0.3, -0.25) is 4.99 Å². The lowest BCUT2D eigenvalue weighted by atomic mass is 10.4. The highest BCUT2D eigenvalue weighted by Gasteiger charge is 1.81. The molecule has 0 bridgehead atoms. The maximum Gasteiger partial charge on any atom is 0.167 e. The van der Waals surface area contributed by atoms with E-state index in [1.54, 1.807) is 13.8 Å². The molecule has 0 spiro atoms. The summed E-state index contributed by atoms with van der Waals surface area (Å²) >= 11 is 0. The van der Waals surface area contributed by atoms with Gasteiger partial charge in [0.15, 0.2) is 11.4 Å². The van der Waals surface area contributed by atoms with Gasteiger partial charge in [0.25, 0.3) is 0 Å². The van der Waals surface area contributed by atoms with Gasteiger partial charge in [-0.25, -0.2) is 9.98 Å². The van der Waals surface area contributed by atoms with E-state index in [-0.39, 0.29) is 0 Å². The van der Waals surface area contributed by atoms with Crippen molar-refractivity contribution in [3.05, 3.63) is 70.4 Å². The van der Waals surface area contributed by atoms with Crippen LogP contribution >= 0.6 is 0 Å². The van der Waals surface area contributed by atoms with Gasteiger partial charge in [-0.2, -0.15) is 0 Å². The first-order valence-corrected chi connectivity index (χ1v) is 7.87. The Labute approximate surface area is 177 Å². The highest BCUT2D eigenvalue weighted by molar-refractivity contribution is 6.14. The van der Waals surface area contributed by atoms with Gasteiger partial charge in [0.1, 0.15) is 6.34 Å². The number of hydrogen-bond acceptors (Lipinski definition) is 3. The van der Waals surface area contributed by atoms with E-state index in [0.717, 1.165) is 6.21 Å². The molecule has 4 heteroatoms. The van der Waals surface area contributed by atoms with Crippen LogP contribution in [0.3, 0.4) is 0 Å². The van der Waals surface area contributed by atoms with Crippen LogP contribution in [0, 0.1) is 52.8 Å². The van der Waals surface area contributed by atoms with E-state index in [1.807, 2.05) is 0 Å². The highest BCUT2D eigenvalue weighted by Crippen LogP contribution is 1.89. The predicted molar refractivity (Wildman–Crippen MR) is 124 cm³/mol. The Hall–Kier alpha value is -5.36. The Bertz CT molecular complexity index is 1170. The summed E-state index contributed by atoms with van der Waals surface area (Å²) in [6, 6.07) is 0. The molecule has 0 fully saturated rings. The zero-order valence-corrected chi connectivity index (χ0v) is 16.7. The van der Waals surface area contributed by atoms with Crippen LogP contribution in [-0.2, 0) is 0 Å². The van der Waals surface area contributed by atoms with Crippen molar-refractivity contribution < 1.29 is 0 Å². The van der Waals surface area contributed by atoms with Crippen molar-refractivity contribution in [1.29, 1.82) is 5.41 Å². The van der Waals surface area contributed by atoms with Gasteiger partial charge in [0.05, 0.1) is 0 Å². The number of nitrogens with zero attached hydrogens (tertiary/aromatic N) is 3. The van der Waals surface area contributed by atoms with Gasteiger partial charge in [0.2, 0.25) is 0 Å². The van der Waals surface area contributed by atoms with Crippen LogP contribution in [0.2, 0.25) is 0 Å². The second kappa shape index (κ2) is 23.6. The Morgan fingerprint density at radius 2 is 1.27 bits per heavy atom. The van der Waals surface area contributed by atoms with Crippen molar-refractivity contribution in [1.82, 2.24) is 0 Å². The third kappa shape index (κ3) is 20.7. The zero-order valence-electron chi connectivity index (χ0n) is 16.7. The molecule has 0 unspecified atom stereocenters. The summed E-state index contributed by atoms with van der Waals surface area (Å²) in [5.74, 6) is 20.9. The molecular weight excluding hydrogens is 368 g/mol. The molecule has 0 heterocycles. The number of hydrogen-bond donors (Lipinski definition) is 1. The van der Waals surface area contributed by atoms with Crippen molar-refractivity contribution in [2.45, 2.75) is 13.8 Å². The maximum absolute atomic E-state index is 6.77. The van der Waals surface area contributed by atoms with E-state index < -0.39 is 0 Å². The zero-order chi connectivity index (χ0) is 22.7. The van der Waals surface area contributed by atoms with Crippen LogP contribution in [0.1, 0.15) is 13.8 Å². The van der Waals surface area contributed by atoms with Gasteiger partial charge in [0, 0.05) is 12.4 Å². The Balaban J connectivity index is 0. The molecule has 0 rings (SSSR count). The fourth-order valence-corrected chi connectivity index (χ4v) is 0.977. The first kappa shape index (κ1) is 26.9. The summed E-state index contributed by atoms with van der Waals surface area (Å²) in [6.45, 7) is 13.3. The molecular formula is C26H16N4. The molecule has 4 nitrogen and oxygen atoms in total. The smallest absolute Gasteiger partial charge is 0.167 e. The molecule has 0 aliphatic heterocycles. The third-order valence-corrected chi connectivity index (χ3v) is 1.95. The summed E-state index contributed by atoms with van der Waals surface area (Å²) in [5.41, 5.74) is 20.7. The molecule has 0 aliphatic carbocycles. The number of rotatable bonds is 4. The van der Waals surface area contributed by atoms with Crippen molar-refractivity contribution in [2.75, 3.05) is 0 Å². The summed E-state index contributed by atoms with van der Waals surface area (Å²) < 4.78 is 0. The van der Waals surface area contributed by atoms with Crippen LogP contribution < -0.4 is 0 Å². The molecule has 0 saturated heterocycles. The minimum Gasteiger partial charge on any atom is -0.307 e. The lowest BCUT2D eigenvalue weighted by Crippen LogP contribution is -1.74. The van der Waals surface area contributed by atoms with Crippen LogP contribution in [0.25, 0.3) is 0 Å². The van der Waals surface area contributed by atoms with Crippen molar-refractivity contribution in [2.24, 2.45) is 15.0 Å². The summed E-state index contributed by atoms with van der Waals surface area (Å²) in [4.78, 5) is 11.1. The molecule has 0 atom stereocenters. The highest BCUT2D eigenvalue weighted by atomic mass is 14.8. The van der Waals surface area contributed by atoms with Crippen LogP contribution in [0.15, 0.2) is 85.4 Å². The van der Waals surface area contributed by atoms with Crippen LogP contribution in [0.5, 0.6) is 0 Å². The third-order valence-electron chi connectivity index (χ3n) is 1.95.